The van der Waals surface area contributed by atoms with Gasteiger partial charge < -0.3 is 33.3 Å². The third kappa shape index (κ3) is 65.6. The lowest BCUT2D eigenvalue weighted by atomic mass is 10.0. The third-order valence-electron chi connectivity index (χ3n) is 16.8. The number of carbonyl (C=O) groups is 3. The average Bonchev–Trinajstić information content (AvgIpc) is 3.47. The molecular weight excluding hydrogens is 1020 g/mol. The number of hydrogen-bond acceptors (Lipinski definition) is 8. The Balaban J connectivity index is 3.96. The van der Waals surface area contributed by atoms with E-state index in [2.05, 4.69) is 26.0 Å². The van der Waals surface area contributed by atoms with Crippen molar-refractivity contribution in [3.63, 3.8) is 0 Å². The first-order valence-corrected chi connectivity index (χ1v) is 36.3. The molecule has 0 saturated carbocycles. The molecule has 0 aliphatic rings. The molecule has 0 aliphatic carbocycles. The molecule has 0 saturated heterocycles. The van der Waals surface area contributed by atoms with Crippen molar-refractivity contribution in [3.05, 3.63) is 12.2 Å². The highest BCUT2D eigenvalue weighted by Gasteiger charge is 2.22. The lowest BCUT2D eigenvalue weighted by Gasteiger charge is -2.26. The molecule has 0 fully saturated rings. The van der Waals surface area contributed by atoms with Gasteiger partial charge in [-0.1, -0.05) is 341 Å². The van der Waals surface area contributed by atoms with Crippen LogP contribution in [-0.4, -0.2) is 82.3 Å². The van der Waals surface area contributed by atoms with Crippen LogP contribution in [0.15, 0.2) is 12.2 Å². The van der Waals surface area contributed by atoms with E-state index in [0.717, 1.165) is 38.5 Å². The van der Waals surface area contributed by atoms with E-state index >= 15 is 0 Å². The Morgan fingerprint density at radius 2 is 0.622 bits per heavy atom. The van der Waals surface area contributed by atoms with Gasteiger partial charge in [-0.2, -0.15) is 0 Å². The van der Waals surface area contributed by atoms with E-state index in [0.29, 0.717) is 17.4 Å². The predicted octanol–water partition coefficient (Wildman–Crippen LogP) is 21.1. The minimum Gasteiger partial charge on any atom is -0.545 e. The number of quaternary nitrogens is 1. The van der Waals surface area contributed by atoms with E-state index in [1.807, 2.05) is 21.1 Å². The van der Waals surface area contributed by atoms with Crippen LogP contribution in [0, 0.1) is 0 Å². The molecule has 0 bridgehead atoms. The zero-order valence-electron chi connectivity index (χ0n) is 55.7. The van der Waals surface area contributed by atoms with Gasteiger partial charge in [0.2, 0.25) is 0 Å². The van der Waals surface area contributed by atoms with Crippen molar-refractivity contribution < 1.29 is 42.9 Å². The van der Waals surface area contributed by atoms with Gasteiger partial charge in [0.1, 0.15) is 13.2 Å². The lowest BCUT2D eigenvalue weighted by molar-refractivity contribution is -0.870. The number of carbonyl (C=O) groups excluding carboxylic acids is 3. The van der Waals surface area contributed by atoms with E-state index in [-0.39, 0.29) is 32.2 Å². The first kappa shape index (κ1) is 80.0. The number of unbranched alkanes of at least 4 members (excludes halogenated alkanes) is 52. The fraction of sp³-hybridized carbons (Fsp3) is 0.932. The second-order valence-corrected chi connectivity index (χ2v) is 26.2. The Morgan fingerprint density at radius 1 is 0.354 bits per heavy atom. The minimum absolute atomic E-state index is 0.153. The summed E-state index contributed by atoms with van der Waals surface area (Å²) < 4.78 is 22.8. The number of esters is 2. The Morgan fingerprint density at radius 3 is 0.902 bits per heavy atom. The molecule has 2 unspecified atom stereocenters. The van der Waals surface area contributed by atoms with Crippen molar-refractivity contribution in [2.75, 3.05) is 47.5 Å². The zero-order chi connectivity index (χ0) is 59.8. The normalized spacial score (nSPS) is 12.6. The minimum atomic E-state index is -1.62. The first-order valence-electron chi connectivity index (χ1n) is 36.3. The Labute approximate surface area is 510 Å². The van der Waals surface area contributed by atoms with Crippen molar-refractivity contribution in [1.82, 2.24) is 0 Å². The number of carboxylic acids is 1. The van der Waals surface area contributed by atoms with Crippen LogP contribution in [0.25, 0.3) is 0 Å². The quantitative estimate of drug-likeness (QED) is 0.0195. The highest BCUT2D eigenvalue weighted by Crippen LogP contribution is 2.19. The van der Waals surface area contributed by atoms with E-state index in [1.54, 1.807) is 0 Å². The average molecular weight is 1160 g/mol. The summed E-state index contributed by atoms with van der Waals surface area (Å²) in [7, 11) is 5.95. The Bertz CT molecular complexity index is 1350. The van der Waals surface area contributed by atoms with Crippen LogP contribution in [0.5, 0.6) is 0 Å². The molecule has 9 heteroatoms. The summed E-state index contributed by atoms with van der Waals surface area (Å²) in [4.78, 5) is 37.5. The standard InChI is InChI=1S/C73H141NO8/c1-6-8-10-12-14-16-18-20-22-24-26-28-29-30-31-32-33-34-35-36-37-38-39-40-41-42-43-44-46-48-50-52-54-56-58-60-62-64-71(76)82-69(68-81-73(72(77)78)79-66-65-74(3,4)5)67-80-70(75)63-61-59-57-55-53-51-49-47-45-27-25-23-21-19-17-15-13-11-9-7-2/h24,26,69,73H,6-23,25,27-68H2,1-5H3/b26-24-. The Hall–Kier alpha value is -1.97. The van der Waals surface area contributed by atoms with E-state index < -0.39 is 24.3 Å². The zero-order valence-corrected chi connectivity index (χ0v) is 55.7. The monoisotopic (exact) mass is 1160 g/mol. The maximum atomic E-state index is 12.9. The number of rotatable bonds is 69. The molecule has 0 spiro atoms. The smallest absolute Gasteiger partial charge is 0.306 e. The van der Waals surface area contributed by atoms with Crippen LogP contribution < -0.4 is 5.11 Å². The van der Waals surface area contributed by atoms with Gasteiger partial charge in [0, 0.05) is 12.8 Å². The van der Waals surface area contributed by atoms with Gasteiger partial charge in [-0.15, -0.1) is 0 Å². The first-order chi connectivity index (χ1) is 40.1. The van der Waals surface area contributed by atoms with Crippen LogP contribution in [0.1, 0.15) is 380 Å². The van der Waals surface area contributed by atoms with Crippen molar-refractivity contribution in [3.8, 4) is 0 Å². The Kier molecular flexibility index (Phi) is 63.5. The number of likely N-dealkylation sites (N-methyl/N-ethyl adjacent to an activating group) is 1. The summed E-state index contributed by atoms with van der Waals surface area (Å²) in [5.74, 6) is -2.25. The number of allylic oxidation sites excluding steroid dienone is 2. The summed E-state index contributed by atoms with van der Waals surface area (Å²) >= 11 is 0. The molecule has 0 aromatic rings. The van der Waals surface area contributed by atoms with E-state index in [4.69, 9.17) is 18.9 Å². The van der Waals surface area contributed by atoms with Crippen molar-refractivity contribution >= 4 is 17.9 Å². The number of carboxylic acid groups (broad SMARTS) is 1. The third-order valence-corrected chi connectivity index (χ3v) is 16.8. The van der Waals surface area contributed by atoms with Crippen LogP contribution >= 0.6 is 0 Å². The molecule has 0 N–H and O–H groups in total. The molecule has 9 nitrogen and oxygen atoms in total. The molecule has 2 atom stereocenters. The number of aliphatic carboxylic acids is 1. The van der Waals surface area contributed by atoms with Crippen LogP contribution in [-0.2, 0) is 33.3 Å². The molecule has 486 valence electrons. The van der Waals surface area contributed by atoms with Gasteiger partial charge in [0.15, 0.2) is 12.4 Å². The second kappa shape index (κ2) is 65.0. The van der Waals surface area contributed by atoms with E-state index in [1.165, 1.54) is 315 Å². The predicted molar refractivity (Wildman–Crippen MR) is 348 cm³/mol. The maximum absolute atomic E-state index is 12.9. The summed E-state index contributed by atoms with van der Waals surface area (Å²) in [5.41, 5.74) is 0. The van der Waals surface area contributed by atoms with Crippen LogP contribution in [0.3, 0.4) is 0 Å². The SMILES string of the molecule is CCCCCCCCCC/C=C\CCCCCCCCCCCCCCCCCCCCCCCCCCCC(=O)OC(COC(=O)CCCCCCCCCCCCCCCCCCCCCC)COC(OCC[N+](C)(C)C)C(=O)[O-]. The van der Waals surface area contributed by atoms with Crippen molar-refractivity contribution in [2.45, 2.75) is 392 Å². The molecule has 0 aromatic carbocycles. The summed E-state index contributed by atoms with van der Waals surface area (Å²) in [5, 5.41) is 11.8. The number of ether oxygens (including phenoxy) is 4. The molecule has 0 rings (SSSR count). The van der Waals surface area contributed by atoms with Gasteiger partial charge in [-0.05, 0) is 38.5 Å². The van der Waals surface area contributed by atoms with Gasteiger partial charge in [-0.3, -0.25) is 9.59 Å². The summed E-state index contributed by atoms with van der Waals surface area (Å²) in [6.07, 6.45) is 76.0. The highest BCUT2D eigenvalue weighted by atomic mass is 16.7. The highest BCUT2D eigenvalue weighted by molar-refractivity contribution is 5.70. The maximum Gasteiger partial charge on any atom is 0.306 e. The number of nitrogens with zero attached hydrogens (tertiary/aromatic N) is 1. The lowest BCUT2D eigenvalue weighted by Crippen LogP contribution is -2.44. The molecule has 0 aromatic heterocycles. The fourth-order valence-corrected chi connectivity index (χ4v) is 11.2. The van der Waals surface area contributed by atoms with Crippen molar-refractivity contribution in [2.24, 2.45) is 0 Å². The van der Waals surface area contributed by atoms with E-state index in [9.17, 15) is 19.5 Å². The molecule has 0 amide bonds. The molecular formula is C73H141NO8. The molecule has 0 radical (unpaired) electrons. The second-order valence-electron chi connectivity index (χ2n) is 26.2. The van der Waals surface area contributed by atoms with Crippen LogP contribution in [0.2, 0.25) is 0 Å². The van der Waals surface area contributed by atoms with Gasteiger partial charge in [0.05, 0.1) is 40.3 Å². The largest absolute Gasteiger partial charge is 0.545 e. The molecule has 82 heavy (non-hydrogen) atoms. The fourth-order valence-electron chi connectivity index (χ4n) is 11.2. The molecule has 0 aliphatic heterocycles. The summed E-state index contributed by atoms with van der Waals surface area (Å²) in [6, 6.07) is 0. The van der Waals surface area contributed by atoms with Crippen molar-refractivity contribution in [1.29, 1.82) is 0 Å². The van der Waals surface area contributed by atoms with Gasteiger partial charge in [-0.25, -0.2) is 0 Å². The van der Waals surface area contributed by atoms with Gasteiger partial charge >= 0.3 is 11.9 Å². The van der Waals surface area contributed by atoms with Gasteiger partial charge in [0.25, 0.3) is 0 Å². The molecule has 0 heterocycles. The topological polar surface area (TPSA) is 111 Å². The number of hydrogen-bond donors (Lipinski definition) is 0. The van der Waals surface area contributed by atoms with Crippen LogP contribution in [0.4, 0.5) is 0 Å². The summed E-state index contributed by atoms with van der Waals surface area (Å²) in [6.45, 7) is 4.83.